The van der Waals surface area contributed by atoms with Gasteiger partial charge in [0.15, 0.2) is 0 Å². The molecule has 0 amide bonds. The largest absolute Gasteiger partial charge is 0.497 e. The zero-order chi connectivity index (χ0) is 15.1. The van der Waals surface area contributed by atoms with Gasteiger partial charge in [0.25, 0.3) is 0 Å². The van der Waals surface area contributed by atoms with Crippen LogP contribution >= 0.6 is 0 Å². The van der Waals surface area contributed by atoms with Gasteiger partial charge in [0.05, 0.1) is 13.7 Å². The molecule has 0 unspecified atom stereocenters. The first-order valence-corrected chi connectivity index (χ1v) is 7.00. The molecule has 2 aromatic rings. The molecular weight excluding hydrogens is 266 g/mol. The van der Waals surface area contributed by atoms with Crippen LogP contribution in [0.2, 0.25) is 0 Å². The second-order valence-electron chi connectivity index (χ2n) is 4.73. The highest BCUT2D eigenvalue weighted by Gasteiger charge is 2.03. The second kappa shape index (κ2) is 7.43. The average molecular weight is 287 g/mol. The van der Waals surface area contributed by atoms with Crippen LogP contribution in [0.5, 0.6) is 17.2 Å². The smallest absolute Gasteiger partial charge is 0.125 e. The van der Waals surface area contributed by atoms with Crippen molar-refractivity contribution in [2.75, 3.05) is 19.5 Å². The molecule has 2 rings (SSSR count). The Kier molecular flexibility index (Phi) is 5.32. The van der Waals surface area contributed by atoms with Crippen LogP contribution < -0.4 is 19.9 Å². The van der Waals surface area contributed by atoms with Crippen molar-refractivity contribution in [2.24, 2.45) is 0 Å². The van der Waals surface area contributed by atoms with Gasteiger partial charge in [-0.15, -0.1) is 0 Å². The third-order valence-electron chi connectivity index (χ3n) is 2.91. The van der Waals surface area contributed by atoms with Crippen LogP contribution in [0, 0.1) is 0 Å². The number of hydrogen-bond acceptors (Lipinski definition) is 4. The number of benzene rings is 2. The Morgan fingerprint density at radius 1 is 0.952 bits per heavy atom. The number of anilines is 1. The first-order chi connectivity index (χ1) is 10.2. The SMILES string of the molecule is CCCOc1cc(N)cc(OCc2cccc(OC)c2)c1. The van der Waals surface area contributed by atoms with Crippen molar-refractivity contribution in [2.45, 2.75) is 20.0 Å². The number of ether oxygens (including phenoxy) is 3. The molecule has 0 fully saturated rings. The first kappa shape index (κ1) is 15.0. The summed E-state index contributed by atoms with van der Waals surface area (Å²) in [5.41, 5.74) is 7.53. The molecule has 112 valence electrons. The minimum Gasteiger partial charge on any atom is -0.497 e. The summed E-state index contributed by atoms with van der Waals surface area (Å²) >= 11 is 0. The molecule has 0 aliphatic heterocycles. The van der Waals surface area contributed by atoms with Gasteiger partial charge in [-0.2, -0.15) is 0 Å². The van der Waals surface area contributed by atoms with Gasteiger partial charge < -0.3 is 19.9 Å². The van der Waals surface area contributed by atoms with Gasteiger partial charge in [-0.1, -0.05) is 19.1 Å². The van der Waals surface area contributed by atoms with E-state index < -0.39 is 0 Å². The van der Waals surface area contributed by atoms with Crippen molar-refractivity contribution < 1.29 is 14.2 Å². The third-order valence-corrected chi connectivity index (χ3v) is 2.91. The zero-order valence-corrected chi connectivity index (χ0v) is 12.5. The lowest BCUT2D eigenvalue weighted by atomic mass is 10.2. The van der Waals surface area contributed by atoms with Crippen LogP contribution in [0.15, 0.2) is 42.5 Å². The predicted octanol–water partition coefficient (Wildman–Crippen LogP) is 3.65. The van der Waals surface area contributed by atoms with E-state index in [4.69, 9.17) is 19.9 Å². The molecule has 0 saturated carbocycles. The van der Waals surface area contributed by atoms with E-state index in [1.54, 1.807) is 19.2 Å². The highest BCUT2D eigenvalue weighted by molar-refractivity contribution is 5.50. The number of methoxy groups -OCH3 is 1. The van der Waals surface area contributed by atoms with Crippen LogP contribution in [0.3, 0.4) is 0 Å². The van der Waals surface area contributed by atoms with Gasteiger partial charge in [0.1, 0.15) is 23.9 Å². The number of nitrogen functional groups attached to an aromatic ring is 1. The quantitative estimate of drug-likeness (QED) is 0.790. The van der Waals surface area contributed by atoms with Crippen molar-refractivity contribution in [3.8, 4) is 17.2 Å². The Labute approximate surface area is 125 Å². The lowest BCUT2D eigenvalue weighted by Gasteiger charge is -2.11. The highest BCUT2D eigenvalue weighted by atomic mass is 16.5. The monoisotopic (exact) mass is 287 g/mol. The summed E-state index contributed by atoms with van der Waals surface area (Å²) in [5.74, 6) is 2.25. The summed E-state index contributed by atoms with van der Waals surface area (Å²) < 4.78 is 16.6. The Morgan fingerprint density at radius 3 is 2.43 bits per heavy atom. The fourth-order valence-corrected chi connectivity index (χ4v) is 1.91. The fourth-order valence-electron chi connectivity index (χ4n) is 1.91. The standard InChI is InChI=1S/C17H21NO3/c1-3-7-20-16-9-14(18)10-17(11-16)21-12-13-5-4-6-15(8-13)19-2/h4-6,8-11H,3,7,12,18H2,1-2H3. The maximum Gasteiger partial charge on any atom is 0.125 e. The van der Waals surface area contributed by atoms with E-state index >= 15 is 0 Å². The Morgan fingerprint density at radius 2 is 1.71 bits per heavy atom. The Hall–Kier alpha value is -2.36. The van der Waals surface area contributed by atoms with Crippen molar-refractivity contribution in [1.29, 1.82) is 0 Å². The van der Waals surface area contributed by atoms with Crippen LogP contribution in [0.4, 0.5) is 5.69 Å². The third kappa shape index (κ3) is 4.60. The number of hydrogen-bond donors (Lipinski definition) is 1. The summed E-state index contributed by atoms with van der Waals surface area (Å²) in [4.78, 5) is 0. The van der Waals surface area contributed by atoms with Gasteiger partial charge in [-0.3, -0.25) is 0 Å². The lowest BCUT2D eigenvalue weighted by Crippen LogP contribution is -1.99. The molecule has 0 bridgehead atoms. The van der Waals surface area contributed by atoms with Gasteiger partial charge >= 0.3 is 0 Å². The maximum atomic E-state index is 5.87. The molecular formula is C17H21NO3. The van der Waals surface area contributed by atoms with Gasteiger partial charge in [0.2, 0.25) is 0 Å². The molecule has 4 heteroatoms. The van der Waals surface area contributed by atoms with Gasteiger partial charge in [-0.05, 0) is 24.1 Å². The predicted molar refractivity (Wildman–Crippen MR) is 84.0 cm³/mol. The van der Waals surface area contributed by atoms with E-state index in [1.807, 2.05) is 30.3 Å². The topological polar surface area (TPSA) is 53.7 Å². The van der Waals surface area contributed by atoms with Crippen LogP contribution in [0.25, 0.3) is 0 Å². The first-order valence-electron chi connectivity index (χ1n) is 7.00. The molecule has 0 heterocycles. The van der Waals surface area contributed by atoms with E-state index in [0.29, 0.717) is 24.7 Å². The summed E-state index contributed by atoms with van der Waals surface area (Å²) in [6, 6.07) is 13.2. The van der Waals surface area contributed by atoms with Crippen molar-refractivity contribution in [3.63, 3.8) is 0 Å². The van der Waals surface area contributed by atoms with Gasteiger partial charge in [-0.25, -0.2) is 0 Å². The molecule has 2 aromatic carbocycles. The molecule has 0 radical (unpaired) electrons. The summed E-state index contributed by atoms with van der Waals surface area (Å²) in [7, 11) is 1.65. The molecule has 0 aliphatic rings. The average Bonchev–Trinajstić information content (AvgIpc) is 2.50. The van der Waals surface area contributed by atoms with E-state index in [0.717, 1.165) is 23.5 Å². The number of rotatable bonds is 7. The van der Waals surface area contributed by atoms with Crippen LogP contribution in [0.1, 0.15) is 18.9 Å². The van der Waals surface area contributed by atoms with Crippen LogP contribution in [-0.4, -0.2) is 13.7 Å². The fraction of sp³-hybridized carbons (Fsp3) is 0.294. The normalized spacial score (nSPS) is 10.2. The van der Waals surface area contributed by atoms with Crippen molar-refractivity contribution >= 4 is 5.69 Å². The molecule has 0 saturated heterocycles. The van der Waals surface area contributed by atoms with Gasteiger partial charge in [0, 0.05) is 23.9 Å². The maximum absolute atomic E-state index is 5.87. The zero-order valence-electron chi connectivity index (χ0n) is 12.5. The van der Waals surface area contributed by atoms with E-state index in [1.165, 1.54) is 0 Å². The molecule has 2 N–H and O–H groups in total. The lowest BCUT2D eigenvalue weighted by molar-refractivity contribution is 0.294. The second-order valence-corrected chi connectivity index (χ2v) is 4.73. The Bertz CT molecular complexity index is 584. The molecule has 0 spiro atoms. The van der Waals surface area contributed by atoms with Crippen LogP contribution in [-0.2, 0) is 6.61 Å². The highest BCUT2D eigenvalue weighted by Crippen LogP contribution is 2.25. The molecule has 21 heavy (non-hydrogen) atoms. The minimum atomic E-state index is 0.452. The summed E-state index contributed by atoms with van der Waals surface area (Å²) in [5, 5.41) is 0. The summed E-state index contributed by atoms with van der Waals surface area (Å²) in [6.45, 7) is 3.18. The van der Waals surface area contributed by atoms with Crippen molar-refractivity contribution in [3.05, 3.63) is 48.0 Å². The van der Waals surface area contributed by atoms with E-state index in [-0.39, 0.29) is 0 Å². The van der Waals surface area contributed by atoms with E-state index in [9.17, 15) is 0 Å². The molecule has 0 aliphatic carbocycles. The molecule has 0 aromatic heterocycles. The Balaban J connectivity index is 2.03. The minimum absolute atomic E-state index is 0.452. The molecule has 0 atom stereocenters. The number of nitrogens with two attached hydrogens (primary N) is 1. The summed E-state index contributed by atoms with van der Waals surface area (Å²) in [6.07, 6.45) is 0.953. The van der Waals surface area contributed by atoms with Crippen molar-refractivity contribution in [1.82, 2.24) is 0 Å². The molecule has 4 nitrogen and oxygen atoms in total. The van der Waals surface area contributed by atoms with E-state index in [2.05, 4.69) is 6.92 Å².